The van der Waals surface area contributed by atoms with Crippen LogP contribution in [0, 0.1) is 0 Å². The molecule has 0 saturated heterocycles. The number of methoxy groups -OCH3 is 1. The topological polar surface area (TPSA) is 124 Å². The molecule has 39 heavy (non-hydrogen) atoms. The maximum absolute atomic E-state index is 12.4. The Balaban J connectivity index is 1.66. The van der Waals surface area contributed by atoms with Gasteiger partial charge in [-0.3, -0.25) is 4.79 Å². The number of ether oxygens (including phenoxy) is 6. The fraction of sp³-hybridized carbons (Fsp3) is 0.310. The van der Waals surface area contributed by atoms with Gasteiger partial charge in [0.25, 0.3) is 0 Å². The van der Waals surface area contributed by atoms with Crippen molar-refractivity contribution in [2.75, 3.05) is 33.5 Å². The molecular weight excluding hydrogens is 508 g/mol. The van der Waals surface area contributed by atoms with Crippen molar-refractivity contribution >= 4 is 23.9 Å². The monoisotopic (exact) mass is 540 g/mol. The van der Waals surface area contributed by atoms with E-state index in [1.807, 2.05) is 0 Å². The Morgan fingerprint density at radius 2 is 1.28 bits per heavy atom. The second kappa shape index (κ2) is 17.0. The molecule has 0 unspecified atom stereocenters. The molecule has 0 aliphatic rings. The van der Waals surface area contributed by atoms with Crippen LogP contribution in [0.1, 0.15) is 36.0 Å². The van der Waals surface area contributed by atoms with Crippen LogP contribution < -0.4 is 14.2 Å². The molecule has 0 spiro atoms. The third-order valence-electron chi connectivity index (χ3n) is 5.01. The van der Waals surface area contributed by atoms with Crippen molar-refractivity contribution in [3.05, 3.63) is 78.9 Å². The van der Waals surface area contributed by atoms with E-state index in [2.05, 4.69) is 17.9 Å². The molecule has 2 aromatic carbocycles. The van der Waals surface area contributed by atoms with Crippen molar-refractivity contribution in [3.63, 3.8) is 0 Å². The van der Waals surface area contributed by atoms with Gasteiger partial charge in [0, 0.05) is 18.1 Å². The fourth-order valence-corrected chi connectivity index (χ4v) is 2.92. The highest BCUT2D eigenvalue weighted by atomic mass is 16.5. The number of rotatable bonds is 17. The molecule has 0 bridgehead atoms. The molecule has 0 aliphatic carbocycles. The summed E-state index contributed by atoms with van der Waals surface area (Å²) in [6.07, 6.45) is 2.71. The number of unbranched alkanes of at least 4 members (excludes halogenated alkanes) is 1. The summed E-state index contributed by atoms with van der Waals surface area (Å²) in [7, 11) is 1.23. The van der Waals surface area contributed by atoms with Gasteiger partial charge in [0.15, 0.2) is 0 Å². The van der Waals surface area contributed by atoms with E-state index in [0.717, 1.165) is 6.08 Å². The second-order valence-electron chi connectivity index (χ2n) is 8.01. The van der Waals surface area contributed by atoms with E-state index < -0.39 is 23.9 Å². The fourth-order valence-electron chi connectivity index (χ4n) is 2.92. The van der Waals surface area contributed by atoms with E-state index in [9.17, 15) is 19.2 Å². The lowest BCUT2D eigenvalue weighted by Crippen LogP contribution is -2.13. The van der Waals surface area contributed by atoms with Crippen molar-refractivity contribution in [2.24, 2.45) is 0 Å². The van der Waals surface area contributed by atoms with Crippen LogP contribution >= 0.6 is 0 Å². The first-order valence-electron chi connectivity index (χ1n) is 12.2. The molecule has 10 heteroatoms. The zero-order valence-electron chi connectivity index (χ0n) is 21.8. The first kappa shape index (κ1) is 30.6. The average Bonchev–Trinajstić information content (AvgIpc) is 2.95. The first-order valence-corrected chi connectivity index (χ1v) is 12.2. The third kappa shape index (κ3) is 12.0. The molecule has 0 radical (unpaired) electrons. The van der Waals surface area contributed by atoms with Crippen molar-refractivity contribution in [1.29, 1.82) is 0 Å². The van der Waals surface area contributed by atoms with Crippen LogP contribution in [-0.4, -0.2) is 57.4 Å². The Kier molecular flexibility index (Phi) is 13.4. The molecule has 0 aromatic heterocycles. The van der Waals surface area contributed by atoms with E-state index in [0.29, 0.717) is 55.3 Å². The van der Waals surface area contributed by atoms with E-state index in [4.69, 9.17) is 23.7 Å². The summed E-state index contributed by atoms with van der Waals surface area (Å²) in [5, 5.41) is 0. The zero-order chi connectivity index (χ0) is 28.5. The number of carbonyl (C=O) groups excluding carboxylic acids is 4. The van der Waals surface area contributed by atoms with E-state index in [-0.39, 0.29) is 25.2 Å². The van der Waals surface area contributed by atoms with Gasteiger partial charge in [-0.1, -0.05) is 13.2 Å². The van der Waals surface area contributed by atoms with Crippen molar-refractivity contribution in [1.82, 2.24) is 0 Å². The highest BCUT2D eigenvalue weighted by Crippen LogP contribution is 2.20. The summed E-state index contributed by atoms with van der Waals surface area (Å²) in [4.78, 5) is 46.3. The largest absolute Gasteiger partial charge is 0.494 e. The van der Waals surface area contributed by atoms with Crippen LogP contribution in [0.5, 0.6) is 17.2 Å². The summed E-state index contributed by atoms with van der Waals surface area (Å²) in [5.74, 6) is -0.665. The molecule has 0 saturated carbocycles. The molecule has 0 heterocycles. The van der Waals surface area contributed by atoms with Gasteiger partial charge >= 0.3 is 23.9 Å². The normalized spacial score (nSPS) is 10.1. The van der Waals surface area contributed by atoms with Crippen molar-refractivity contribution in [3.8, 4) is 17.2 Å². The Morgan fingerprint density at radius 3 is 1.90 bits per heavy atom. The molecule has 0 fully saturated rings. The minimum Gasteiger partial charge on any atom is -0.494 e. The summed E-state index contributed by atoms with van der Waals surface area (Å²) in [5.41, 5.74) is 0.366. The first-order chi connectivity index (χ1) is 18.8. The Hall–Kier alpha value is -4.60. The lowest BCUT2D eigenvalue weighted by Gasteiger charge is -2.09. The van der Waals surface area contributed by atoms with Gasteiger partial charge in [0.2, 0.25) is 0 Å². The van der Waals surface area contributed by atoms with Crippen LogP contribution in [0.15, 0.2) is 73.3 Å². The third-order valence-corrected chi connectivity index (χ3v) is 5.01. The van der Waals surface area contributed by atoms with Crippen LogP contribution in [0.25, 0.3) is 0 Å². The van der Waals surface area contributed by atoms with Gasteiger partial charge in [-0.25, -0.2) is 14.4 Å². The van der Waals surface area contributed by atoms with Crippen LogP contribution in [0.4, 0.5) is 0 Å². The molecule has 208 valence electrons. The Morgan fingerprint density at radius 1 is 0.744 bits per heavy atom. The summed E-state index contributed by atoms with van der Waals surface area (Å²) in [6.45, 7) is 7.97. The Labute approximate surface area is 227 Å². The molecule has 2 aromatic rings. The quantitative estimate of drug-likeness (QED) is 0.0947. The number of hydrogen-bond acceptors (Lipinski definition) is 10. The molecule has 0 N–H and O–H groups in total. The van der Waals surface area contributed by atoms with E-state index in [1.54, 1.807) is 48.5 Å². The minimum atomic E-state index is -0.661. The molecule has 0 amide bonds. The van der Waals surface area contributed by atoms with E-state index >= 15 is 0 Å². The summed E-state index contributed by atoms with van der Waals surface area (Å²) >= 11 is 0. The van der Waals surface area contributed by atoms with Gasteiger partial charge in [-0.2, -0.15) is 0 Å². The maximum Gasteiger partial charge on any atom is 0.343 e. The maximum atomic E-state index is 12.4. The molecular formula is C29H32O10. The van der Waals surface area contributed by atoms with E-state index in [1.165, 1.54) is 7.11 Å². The number of hydrogen-bond donors (Lipinski definition) is 0. The second-order valence-corrected chi connectivity index (χ2v) is 8.01. The van der Waals surface area contributed by atoms with Gasteiger partial charge in [0.1, 0.15) is 17.2 Å². The van der Waals surface area contributed by atoms with Gasteiger partial charge < -0.3 is 28.4 Å². The van der Waals surface area contributed by atoms with Gasteiger partial charge in [-0.05, 0) is 61.4 Å². The van der Waals surface area contributed by atoms with Gasteiger partial charge in [0.05, 0.1) is 45.5 Å². The number of esters is 4. The standard InChI is InChI=1S/C29H32O10/c1-4-26(30)37-17-6-5-16-35-24-12-14-25(15-13-24)39-29(33)22-8-10-23(11-9-22)36-18-7-19-38-28(32)21(2)20-27(31)34-3/h4,8-15H,1-2,5-7,16-20H2,3H3. The highest BCUT2D eigenvalue weighted by molar-refractivity contribution is 5.93. The SMILES string of the molecule is C=CC(=O)OCCCCOc1ccc(OC(=O)c2ccc(OCCCOC(=O)C(=C)CC(=O)OC)cc2)cc1. The number of carbonyl (C=O) groups is 4. The predicted molar refractivity (Wildman–Crippen MR) is 141 cm³/mol. The highest BCUT2D eigenvalue weighted by Gasteiger charge is 2.13. The van der Waals surface area contributed by atoms with Crippen molar-refractivity contribution in [2.45, 2.75) is 25.7 Å². The average molecular weight is 541 g/mol. The lowest BCUT2D eigenvalue weighted by atomic mass is 10.2. The molecule has 0 aliphatic heterocycles. The summed E-state index contributed by atoms with van der Waals surface area (Å²) in [6, 6.07) is 13.1. The zero-order valence-corrected chi connectivity index (χ0v) is 21.8. The van der Waals surface area contributed by atoms with Crippen LogP contribution in [0.3, 0.4) is 0 Å². The molecule has 10 nitrogen and oxygen atoms in total. The van der Waals surface area contributed by atoms with Crippen molar-refractivity contribution < 1.29 is 47.6 Å². The lowest BCUT2D eigenvalue weighted by molar-refractivity contribution is -0.144. The summed E-state index contributed by atoms with van der Waals surface area (Å²) < 4.78 is 31.0. The molecule has 0 atom stereocenters. The molecule has 2 rings (SSSR count). The van der Waals surface area contributed by atoms with Crippen LogP contribution in [-0.2, 0) is 28.6 Å². The van der Waals surface area contributed by atoms with Gasteiger partial charge in [-0.15, -0.1) is 0 Å². The predicted octanol–water partition coefficient (Wildman–Crippen LogP) is 4.23. The van der Waals surface area contributed by atoms with Crippen LogP contribution in [0.2, 0.25) is 0 Å². The number of benzene rings is 2. The smallest absolute Gasteiger partial charge is 0.343 e. The Bertz CT molecular complexity index is 1120. The minimum absolute atomic E-state index is 0.0203.